The summed E-state index contributed by atoms with van der Waals surface area (Å²) in [6, 6.07) is 0.256. The van der Waals surface area contributed by atoms with E-state index in [0.717, 1.165) is 25.8 Å². The molecule has 0 spiro atoms. The monoisotopic (exact) mass is 146 g/mol. The van der Waals surface area contributed by atoms with Crippen LogP contribution in [0.3, 0.4) is 0 Å². The molecule has 4 N–H and O–H groups in total. The van der Waals surface area contributed by atoms with E-state index in [1.807, 2.05) is 7.05 Å². The van der Waals surface area contributed by atoms with Crippen molar-refractivity contribution >= 4 is 0 Å². The zero-order valence-corrected chi connectivity index (χ0v) is 6.64. The highest BCUT2D eigenvalue weighted by molar-refractivity contribution is 4.61. The first-order valence-electron chi connectivity index (χ1n) is 3.83. The average molecular weight is 146 g/mol. The third kappa shape index (κ3) is 4.73. The van der Waals surface area contributed by atoms with Crippen LogP contribution in [0.5, 0.6) is 0 Å². The number of hydrogen-bond donors (Lipinski definition) is 3. The second kappa shape index (κ2) is 6.99. The van der Waals surface area contributed by atoms with Crippen LogP contribution in [0, 0.1) is 0 Å². The second-order valence-corrected chi connectivity index (χ2v) is 2.45. The van der Waals surface area contributed by atoms with Crippen LogP contribution in [0.2, 0.25) is 0 Å². The van der Waals surface area contributed by atoms with Gasteiger partial charge in [0.1, 0.15) is 0 Å². The third-order valence-corrected chi connectivity index (χ3v) is 1.64. The van der Waals surface area contributed by atoms with E-state index in [1.54, 1.807) is 0 Å². The summed E-state index contributed by atoms with van der Waals surface area (Å²) in [7, 11) is 1.86. The van der Waals surface area contributed by atoms with Crippen LogP contribution in [-0.4, -0.2) is 31.3 Å². The molecule has 0 bridgehead atoms. The minimum atomic E-state index is 0.223. The predicted octanol–water partition coefficient (Wildman–Crippen LogP) is -0.304. The molecule has 0 saturated carbocycles. The first-order valence-corrected chi connectivity index (χ1v) is 3.83. The number of unbranched alkanes of at least 4 members (excludes halogenated alkanes) is 1. The number of likely N-dealkylation sites (N-methyl/N-ethyl adjacent to an activating group) is 1. The van der Waals surface area contributed by atoms with Crippen LogP contribution in [0.15, 0.2) is 0 Å². The van der Waals surface area contributed by atoms with Crippen molar-refractivity contribution < 1.29 is 5.11 Å². The Morgan fingerprint density at radius 1 is 1.50 bits per heavy atom. The van der Waals surface area contributed by atoms with E-state index in [2.05, 4.69) is 5.32 Å². The molecule has 0 aromatic carbocycles. The van der Waals surface area contributed by atoms with E-state index in [0.29, 0.717) is 0 Å². The molecule has 1 atom stereocenters. The predicted molar refractivity (Wildman–Crippen MR) is 42.8 cm³/mol. The molecule has 0 aliphatic rings. The summed E-state index contributed by atoms with van der Waals surface area (Å²) in [6.07, 6.45) is 3.17. The van der Waals surface area contributed by atoms with Gasteiger partial charge >= 0.3 is 0 Å². The SMILES string of the molecule is CNC(CO)CCCCN. The Morgan fingerprint density at radius 2 is 2.20 bits per heavy atom. The molecular weight excluding hydrogens is 128 g/mol. The van der Waals surface area contributed by atoms with Gasteiger partial charge in [-0.15, -0.1) is 0 Å². The standard InChI is InChI=1S/C7H18N2O/c1-9-7(6-10)4-2-3-5-8/h7,9-10H,2-6,8H2,1H3. The number of hydrogen-bond acceptors (Lipinski definition) is 3. The van der Waals surface area contributed by atoms with E-state index >= 15 is 0 Å². The highest BCUT2D eigenvalue weighted by Crippen LogP contribution is 1.98. The van der Waals surface area contributed by atoms with Gasteiger partial charge in [-0.25, -0.2) is 0 Å². The van der Waals surface area contributed by atoms with Gasteiger partial charge in [0.2, 0.25) is 0 Å². The smallest absolute Gasteiger partial charge is 0.0584 e. The van der Waals surface area contributed by atoms with Crippen molar-refractivity contribution in [2.24, 2.45) is 5.73 Å². The first-order chi connectivity index (χ1) is 4.85. The highest BCUT2D eigenvalue weighted by atomic mass is 16.3. The van der Waals surface area contributed by atoms with Crippen LogP contribution in [0.4, 0.5) is 0 Å². The van der Waals surface area contributed by atoms with Gasteiger partial charge in [-0.2, -0.15) is 0 Å². The van der Waals surface area contributed by atoms with Crippen molar-refractivity contribution in [1.82, 2.24) is 5.32 Å². The summed E-state index contributed by atoms with van der Waals surface area (Å²) in [5.74, 6) is 0. The van der Waals surface area contributed by atoms with E-state index < -0.39 is 0 Å². The number of aliphatic hydroxyl groups is 1. The quantitative estimate of drug-likeness (QED) is 0.451. The van der Waals surface area contributed by atoms with Crippen LogP contribution in [0.1, 0.15) is 19.3 Å². The minimum absolute atomic E-state index is 0.223. The molecular formula is C7H18N2O. The lowest BCUT2D eigenvalue weighted by Gasteiger charge is -2.11. The molecule has 3 heteroatoms. The summed E-state index contributed by atoms with van der Waals surface area (Å²) >= 11 is 0. The van der Waals surface area contributed by atoms with Crippen molar-refractivity contribution in [2.45, 2.75) is 25.3 Å². The molecule has 0 radical (unpaired) electrons. The van der Waals surface area contributed by atoms with Crippen molar-refractivity contribution in [3.63, 3.8) is 0 Å². The Balaban J connectivity index is 3.09. The number of rotatable bonds is 6. The first kappa shape index (κ1) is 9.88. The molecule has 3 nitrogen and oxygen atoms in total. The molecule has 0 aromatic rings. The molecule has 0 aliphatic carbocycles. The van der Waals surface area contributed by atoms with Gasteiger partial charge < -0.3 is 16.2 Å². The Bertz CT molecular complexity index is 64.6. The molecule has 0 aliphatic heterocycles. The molecule has 0 aromatic heterocycles. The molecule has 0 heterocycles. The number of aliphatic hydroxyl groups excluding tert-OH is 1. The topological polar surface area (TPSA) is 58.3 Å². The van der Waals surface area contributed by atoms with Crippen molar-refractivity contribution in [3.05, 3.63) is 0 Å². The number of nitrogens with two attached hydrogens (primary N) is 1. The maximum absolute atomic E-state index is 8.73. The minimum Gasteiger partial charge on any atom is -0.395 e. The van der Waals surface area contributed by atoms with Crippen LogP contribution < -0.4 is 11.1 Å². The molecule has 0 rings (SSSR count). The summed E-state index contributed by atoms with van der Waals surface area (Å²) in [4.78, 5) is 0. The van der Waals surface area contributed by atoms with Crippen LogP contribution in [0.25, 0.3) is 0 Å². The van der Waals surface area contributed by atoms with Gasteiger partial charge in [0.05, 0.1) is 6.61 Å². The van der Waals surface area contributed by atoms with Crippen molar-refractivity contribution in [2.75, 3.05) is 20.2 Å². The summed E-state index contributed by atoms with van der Waals surface area (Å²) in [5.41, 5.74) is 5.31. The summed E-state index contributed by atoms with van der Waals surface area (Å²) in [6.45, 7) is 0.975. The van der Waals surface area contributed by atoms with Crippen molar-refractivity contribution in [1.29, 1.82) is 0 Å². The maximum atomic E-state index is 8.73. The Labute approximate surface area is 62.6 Å². The maximum Gasteiger partial charge on any atom is 0.0584 e. The van der Waals surface area contributed by atoms with E-state index in [-0.39, 0.29) is 12.6 Å². The fourth-order valence-corrected chi connectivity index (χ4v) is 0.862. The zero-order valence-electron chi connectivity index (χ0n) is 6.64. The van der Waals surface area contributed by atoms with Gasteiger partial charge in [0.25, 0.3) is 0 Å². The molecule has 0 amide bonds. The lowest BCUT2D eigenvalue weighted by atomic mass is 10.1. The molecule has 62 valence electrons. The van der Waals surface area contributed by atoms with Gasteiger partial charge in [-0.05, 0) is 26.4 Å². The number of nitrogens with one attached hydrogen (secondary N) is 1. The van der Waals surface area contributed by atoms with E-state index in [4.69, 9.17) is 10.8 Å². The normalized spacial score (nSPS) is 13.5. The van der Waals surface area contributed by atoms with Gasteiger partial charge in [0, 0.05) is 6.04 Å². The van der Waals surface area contributed by atoms with E-state index in [9.17, 15) is 0 Å². The zero-order chi connectivity index (χ0) is 7.82. The lowest BCUT2D eigenvalue weighted by molar-refractivity contribution is 0.240. The fourth-order valence-electron chi connectivity index (χ4n) is 0.862. The molecule has 0 fully saturated rings. The lowest BCUT2D eigenvalue weighted by Crippen LogP contribution is -2.28. The Hall–Kier alpha value is -0.120. The van der Waals surface area contributed by atoms with E-state index in [1.165, 1.54) is 0 Å². The highest BCUT2D eigenvalue weighted by Gasteiger charge is 2.01. The molecule has 0 saturated heterocycles. The molecule has 10 heavy (non-hydrogen) atoms. The largest absolute Gasteiger partial charge is 0.395 e. The van der Waals surface area contributed by atoms with Crippen LogP contribution >= 0.6 is 0 Å². The Kier molecular flexibility index (Phi) is 6.91. The van der Waals surface area contributed by atoms with Gasteiger partial charge in [-0.3, -0.25) is 0 Å². The van der Waals surface area contributed by atoms with Gasteiger partial charge in [0.15, 0.2) is 0 Å². The second-order valence-electron chi connectivity index (χ2n) is 2.45. The summed E-state index contributed by atoms with van der Waals surface area (Å²) in [5, 5.41) is 11.8. The average Bonchev–Trinajstić information content (AvgIpc) is 1.99. The molecule has 1 unspecified atom stereocenters. The summed E-state index contributed by atoms with van der Waals surface area (Å²) < 4.78 is 0. The fraction of sp³-hybridized carbons (Fsp3) is 1.00. The Morgan fingerprint density at radius 3 is 2.60 bits per heavy atom. The van der Waals surface area contributed by atoms with Crippen molar-refractivity contribution in [3.8, 4) is 0 Å². The van der Waals surface area contributed by atoms with Gasteiger partial charge in [-0.1, -0.05) is 6.42 Å². The van der Waals surface area contributed by atoms with Crippen LogP contribution in [-0.2, 0) is 0 Å². The third-order valence-electron chi connectivity index (χ3n) is 1.64.